The van der Waals surface area contributed by atoms with Crippen molar-refractivity contribution >= 4 is 20.0 Å². The predicted octanol–water partition coefficient (Wildman–Crippen LogP) is -3.27. The molecular weight excluding hydrogens is 293 g/mol. The Morgan fingerprint density at radius 3 is 2.67 bits per heavy atom. The fourth-order valence-electron chi connectivity index (χ4n) is 0.392. The first kappa shape index (κ1) is 10.3. The Labute approximate surface area is 87.6 Å². The molecule has 0 saturated heterocycles. The summed E-state index contributed by atoms with van der Waals surface area (Å²) in [7, 11) is 0.913. The van der Waals surface area contributed by atoms with E-state index in [-0.39, 0.29) is 5.12 Å². The normalized spacial score (nSPS) is 16.4. The summed E-state index contributed by atoms with van der Waals surface area (Å²) in [6, 6.07) is -0.717. The van der Waals surface area contributed by atoms with Crippen molar-refractivity contribution in [3.8, 4) is 0 Å². The van der Waals surface area contributed by atoms with Crippen LogP contribution in [-0.2, 0) is 14.3 Å². The van der Waals surface area contributed by atoms with Gasteiger partial charge in [0.1, 0.15) is 0 Å². The zero-order chi connectivity index (χ0) is 10.4. The van der Waals surface area contributed by atoms with Crippen LogP contribution in [0, 0.1) is 0 Å². The number of ether oxygens (including phenoxy) is 1. The van der Waals surface area contributed by atoms with Crippen molar-refractivity contribution in [1.29, 1.82) is 0.594 Å². The molecule has 0 unspecified atom stereocenters. The second-order valence-corrected chi connectivity index (χ2v) is 4.14. The molecule has 0 heterocycles. The fraction of sp³-hybridized carbons (Fsp3) is 0.667. The molecule has 0 aromatic heterocycles. The first-order valence-corrected chi connectivity index (χ1v) is 6.63. The number of nitrogens with two attached hydrogens (primary N) is 1. The summed E-state index contributed by atoms with van der Waals surface area (Å²) in [5.74, 6) is -0.593. The van der Waals surface area contributed by atoms with E-state index in [1.165, 1.54) is 13.8 Å². The molecule has 0 fully saturated rings. The molecule has 0 rings (SSSR count). The van der Waals surface area contributed by atoms with Gasteiger partial charge in [0, 0.05) is 0 Å². The standard InChI is InChI=1S/C6H11INO3S/c1-3(8)5(9)11-4(2)6(10)12-7/h3-4,7H,8H2,1-2H3/q-1/t3-,4-/m0/s1/i7T. The van der Waals surface area contributed by atoms with Crippen LogP contribution in [0.25, 0.3) is 0 Å². The van der Waals surface area contributed by atoms with Gasteiger partial charge in [-0.25, -0.2) is 0 Å². The summed E-state index contributed by atoms with van der Waals surface area (Å²) < 4.78 is 11.6. The Morgan fingerprint density at radius 2 is 2.25 bits per heavy atom. The van der Waals surface area contributed by atoms with Gasteiger partial charge < -0.3 is 0 Å². The minimum atomic E-state index is -0.914. The van der Waals surface area contributed by atoms with Crippen molar-refractivity contribution in [1.82, 2.24) is 0 Å². The topological polar surface area (TPSA) is 69.4 Å². The number of carbonyl (C=O) groups excluding carboxylic acids is 2. The van der Waals surface area contributed by atoms with Crippen molar-refractivity contribution in [2.75, 3.05) is 0 Å². The summed E-state index contributed by atoms with van der Waals surface area (Å²) >= 11 is -0.914. The molecule has 12 heavy (non-hydrogen) atoms. The molecule has 0 aromatic rings. The molecule has 0 amide bonds. The third-order valence-corrected chi connectivity index (χ3v) is 2.86. The van der Waals surface area contributed by atoms with Crippen LogP contribution >= 0.6 is 8.93 Å². The van der Waals surface area contributed by atoms with Gasteiger partial charge in [-0.05, 0) is 0 Å². The van der Waals surface area contributed by atoms with E-state index in [4.69, 9.17) is 11.1 Å². The Kier molecular flexibility index (Phi) is 4.93. The van der Waals surface area contributed by atoms with Crippen LogP contribution in [0.1, 0.15) is 13.8 Å². The Hall–Kier alpha value is 0.180. The average Bonchev–Trinajstić information content (AvgIpc) is 2.04. The molecule has 6 heteroatoms. The first-order valence-electron chi connectivity index (χ1n) is 3.65. The predicted molar refractivity (Wildman–Crippen MR) is 43.2 cm³/mol. The number of esters is 1. The molecule has 0 bridgehead atoms. The van der Waals surface area contributed by atoms with Gasteiger partial charge in [-0.3, -0.25) is 0 Å². The summed E-state index contributed by atoms with van der Waals surface area (Å²) in [6.45, 7) is 2.97. The van der Waals surface area contributed by atoms with E-state index in [9.17, 15) is 9.59 Å². The van der Waals surface area contributed by atoms with E-state index < -0.39 is 39.1 Å². The Bertz CT molecular complexity index is 202. The van der Waals surface area contributed by atoms with Crippen LogP contribution in [0.5, 0.6) is 0 Å². The number of halogens is 1. The van der Waals surface area contributed by atoms with Crippen LogP contribution in [0.3, 0.4) is 0 Å². The molecule has 0 aromatic carbocycles. The monoisotopic (exact) mass is 306 g/mol. The van der Waals surface area contributed by atoms with Crippen LogP contribution in [-0.4, -0.2) is 23.8 Å². The molecule has 0 saturated carbocycles. The van der Waals surface area contributed by atoms with Crippen LogP contribution in [0.15, 0.2) is 0 Å². The summed E-state index contributed by atoms with van der Waals surface area (Å²) in [5.41, 5.74) is 5.24. The number of hydrogen-bond acceptors (Lipinski definition) is 5. The molecule has 0 aliphatic carbocycles. The van der Waals surface area contributed by atoms with Gasteiger partial charge in [0.05, 0.1) is 0 Å². The number of hydrogen-bond donors (Lipinski definition) is 1. The third-order valence-electron chi connectivity index (χ3n) is 1.07. The maximum atomic E-state index is 11.1. The first-order chi connectivity index (χ1) is 5.99. The summed E-state index contributed by atoms with van der Waals surface area (Å²) in [4.78, 5) is 22.0. The molecule has 4 nitrogen and oxygen atoms in total. The van der Waals surface area contributed by atoms with E-state index in [0.717, 1.165) is 8.93 Å². The minimum absolute atomic E-state index is 0.281. The third kappa shape index (κ3) is 4.27. The summed E-state index contributed by atoms with van der Waals surface area (Å²) in [5, 5.41) is -0.281. The zero-order valence-electron chi connectivity index (χ0n) is 7.74. The SMILES string of the molecule is [3H][I-]SC(=O)[C@H](C)OC(=O)[C@H](C)N. The van der Waals surface area contributed by atoms with E-state index in [1.807, 2.05) is 0 Å². The second-order valence-electron chi connectivity index (χ2n) is 2.26. The van der Waals surface area contributed by atoms with Crippen LogP contribution in [0.2, 0.25) is 0 Å². The Balaban J connectivity index is 3.92. The maximum absolute atomic E-state index is 11.1. The van der Waals surface area contributed by atoms with E-state index >= 15 is 0 Å². The van der Waals surface area contributed by atoms with Crippen molar-refractivity contribution in [3.63, 3.8) is 0 Å². The fourth-order valence-corrected chi connectivity index (χ4v) is 1.64. The van der Waals surface area contributed by atoms with Gasteiger partial charge in [-0.2, -0.15) is 0 Å². The molecule has 0 aliphatic rings. The molecule has 72 valence electrons. The number of rotatable bonds is 4. The molecule has 0 spiro atoms. The van der Waals surface area contributed by atoms with Crippen molar-refractivity contribution in [2.45, 2.75) is 26.0 Å². The number of carbonyl (C=O) groups is 2. The van der Waals surface area contributed by atoms with Crippen LogP contribution in [0.4, 0.5) is 0 Å². The second kappa shape index (κ2) is 5.76. The van der Waals surface area contributed by atoms with Gasteiger partial charge in [0.15, 0.2) is 0 Å². The van der Waals surface area contributed by atoms with Crippen LogP contribution < -0.4 is 26.7 Å². The van der Waals surface area contributed by atoms with Gasteiger partial charge in [0.2, 0.25) is 0 Å². The van der Waals surface area contributed by atoms with Crippen molar-refractivity contribution in [2.24, 2.45) is 5.73 Å². The van der Waals surface area contributed by atoms with E-state index in [1.54, 1.807) is 0 Å². The van der Waals surface area contributed by atoms with Crippen molar-refractivity contribution in [3.05, 3.63) is 0 Å². The molecule has 2 N–H and O–H groups in total. The quantitative estimate of drug-likeness (QED) is 0.436. The van der Waals surface area contributed by atoms with Gasteiger partial charge in [-0.15, -0.1) is 0 Å². The van der Waals surface area contributed by atoms with Gasteiger partial charge >= 0.3 is 87.7 Å². The van der Waals surface area contributed by atoms with E-state index in [0.29, 0.717) is 0 Å². The molecule has 0 aliphatic heterocycles. The summed E-state index contributed by atoms with van der Waals surface area (Å²) in [6.07, 6.45) is -0.798. The van der Waals surface area contributed by atoms with E-state index in [2.05, 4.69) is 0 Å². The van der Waals surface area contributed by atoms with Gasteiger partial charge in [-0.1, -0.05) is 0 Å². The zero-order valence-corrected chi connectivity index (χ0v) is 9.72. The Morgan fingerprint density at radius 1 is 1.67 bits per heavy atom. The molecule has 0 radical (unpaired) electrons. The molecular formula is C6H11INO3S-. The van der Waals surface area contributed by atoms with Crippen molar-refractivity contribution < 1.29 is 35.3 Å². The average molecular weight is 306 g/mol. The van der Waals surface area contributed by atoms with Gasteiger partial charge in [0.25, 0.3) is 0 Å². The molecule has 2 atom stereocenters.